The molecule has 8 heteroatoms. The lowest BCUT2D eigenvalue weighted by atomic mass is 9.80. The van der Waals surface area contributed by atoms with E-state index in [2.05, 4.69) is 5.32 Å². The van der Waals surface area contributed by atoms with Crippen molar-refractivity contribution in [3.05, 3.63) is 47.5 Å². The zero-order valence-electron chi connectivity index (χ0n) is 19.9. The van der Waals surface area contributed by atoms with Crippen molar-refractivity contribution in [1.29, 1.82) is 0 Å². The molecule has 2 amide bonds. The van der Waals surface area contributed by atoms with E-state index < -0.39 is 5.41 Å². The fourth-order valence-corrected chi connectivity index (χ4v) is 4.16. The lowest BCUT2D eigenvalue weighted by molar-refractivity contribution is -0.132. The van der Waals surface area contributed by atoms with E-state index in [4.69, 9.17) is 18.9 Å². The van der Waals surface area contributed by atoms with Gasteiger partial charge in [0, 0.05) is 25.2 Å². The van der Waals surface area contributed by atoms with Crippen molar-refractivity contribution < 1.29 is 28.5 Å². The van der Waals surface area contributed by atoms with E-state index in [-0.39, 0.29) is 11.8 Å². The van der Waals surface area contributed by atoms with Crippen LogP contribution in [0.25, 0.3) is 0 Å². The predicted molar refractivity (Wildman–Crippen MR) is 124 cm³/mol. The second-order valence-electron chi connectivity index (χ2n) is 8.34. The molecule has 1 heterocycles. The Kier molecular flexibility index (Phi) is 7.68. The van der Waals surface area contributed by atoms with E-state index >= 15 is 0 Å². The first kappa shape index (κ1) is 24.2. The molecule has 1 aliphatic rings. The molecule has 0 radical (unpaired) electrons. The molecule has 178 valence electrons. The molecular formula is C25H32N2O6. The van der Waals surface area contributed by atoms with Crippen LogP contribution in [0.4, 0.5) is 0 Å². The fourth-order valence-electron chi connectivity index (χ4n) is 4.16. The minimum atomic E-state index is -0.687. The number of nitrogens with one attached hydrogen (secondary N) is 1. The van der Waals surface area contributed by atoms with Gasteiger partial charge < -0.3 is 29.2 Å². The monoisotopic (exact) mass is 456 g/mol. The highest BCUT2D eigenvalue weighted by Crippen LogP contribution is 2.39. The van der Waals surface area contributed by atoms with Gasteiger partial charge in [0.15, 0.2) is 11.5 Å². The van der Waals surface area contributed by atoms with Gasteiger partial charge in [-0.2, -0.15) is 0 Å². The minimum absolute atomic E-state index is 0.0762. The fraction of sp³-hybridized carbons (Fsp3) is 0.440. The normalized spacial score (nSPS) is 17.8. The summed E-state index contributed by atoms with van der Waals surface area (Å²) in [7, 11) is 6.15. The summed E-state index contributed by atoms with van der Waals surface area (Å²) in [6.45, 7) is 3.20. The van der Waals surface area contributed by atoms with Gasteiger partial charge in [-0.3, -0.25) is 9.59 Å². The number of hydrogen-bond donors (Lipinski definition) is 1. The first-order valence-corrected chi connectivity index (χ1v) is 10.9. The van der Waals surface area contributed by atoms with Crippen molar-refractivity contribution in [3.8, 4) is 23.0 Å². The van der Waals surface area contributed by atoms with Crippen LogP contribution in [-0.4, -0.2) is 58.2 Å². The minimum Gasteiger partial charge on any atom is -0.497 e. The Morgan fingerprint density at radius 1 is 1.00 bits per heavy atom. The number of methoxy groups -OCH3 is 4. The van der Waals surface area contributed by atoms with Crippen molar-refractivity contribution in [2.75, 3.05) is 41.5 Å². The van der Waals surface area contributed by atoms with Crippen molar-refractivity contribution in [2.45, 2.75) is 26.3 Å². The van der Waals surface area contributed by atoms with Gasteiger partial charge in [-0.25, -0.2) is 0 Å². The number of ether oxygens (including phenoxy) is 4. The third-order valence-corrected chi connectivity index (χ3v) is 6.03. The van der Waals surface area contributed by atoms with Gasteiger partial charge in [-0.15, -0.1) is 0 Å². The van der Waals surface area contributed by atoms with E-state index in [0.717, 1.165) is 17.7 Å². The number of carbonyl (C=O) groups excluding carboxylic acids is 2. The third-order valence-electron chi connectivity index (χ3n) is 6.03. The smallest absolute Gasteiger partial charge is 0.254 e. The van der Waals surface area contributed by atoms with Crippen molar-refractivity contribution in [2.24, 2.45) is 5.41 Å². The van der Waals surface area contributed by atoms with Gasteiger partial charge in [-0.1, -0.05) is 12.1 Å². The summed E-state index contributed by atoms with van der Waals surface area (Å²) in [4.78, 5) is 28.1. The zero-order valence-corrected chi connectivity index (χ0v) is 19.9. The van der Waals surface area contributed by atoms with Crippen LogP contribution < -0.4 is 24.3 Å². The number of carbonyl (C=O) groups is 2. The van der Waals surface area contributed by atoms with E-state index in [0.29, 0.717) is 48.9 Å². The first-order chi connectivity index (χ1) is 15.8. The van der Waals surface area contributed by atoms with Gasteiger partial charge in [0.05, 0.1) is 33.9 Å². The summed E-state index contributed by atoms with van der Waals surface area (Å²) < 4.78 is 21.3. The number of nitrogens with zero attached hydrogens (tertiary/aromatic N) is 1. The summed E-state index contributed by atoms with van der Waals surface area (Å²) in [5.74, 6) is 1.74. The summed E-state index contributed by atoms with van der Waals surface area (Å²) in [6.07, 6.45) is 1.44. The molecule has 3 rings (SSSR count). The van der Waals surface area contributed by atoms with Gasteiger partial charge in [0.25, 0.3) is 5.91 Å². The molecule has 0 bridgehead atoms. The highest BCUT2D eigenvalue weighted by molar-refractivity contribution is 5.96. The maximum atomic E-state index is 13.3. The number of amides is 2. The lowest BCUT2D eigenvalue weighted by Crippen LogP contribution is -2.51. The van der Waals surface area contributed by atoms with E-state index in [1.165, 1.54) is 21.3 Å². The second-order valence-corrected chi connectivity index (χ2v) is 8.34. The van der Waals surface area contributed by atoms with Crippen LogP contribution in [0.5, 0.6) is 23.0 Å². The van der Waals surface area contributed by atoms with E-state index in [1.807, 2.05) is 31.2 Å². The molecule has 33 heavy (non-hydrogen) atoms. The Bertz CT molecular complexity index is 983. The molecule has 1 saturated heterocycles. The van der Waals surface area contributed by atoms with Gasteiger partial charge in [0.2, 0.25) is 11.7 Å². The Labute approximate surface area is 194 Å². The second kappa shape index (κ2) is 10.5. The molecule has 0 aromatic heterocycles. The number of benzene rings is 2. The van der Waals surface area contributed by atoms with Crippen LogP contribution in [0.15, 0.2) is 36.4 Å². The Morgan fingerprint density at radius 2 is 1.70 bits per heavy atom. The van der Waals surface area contributed by atoms with Crippen molar-refractivity contribution in [3.63, 3.8) is 0 Å². The van der Waals surface area contributed by atoms with Crippen LogP contribution in [0.2, 0.25) is 0 Å². The average Bonchev–Trinajstić information content (AvgIpc) is 2.85. The molecule has 8 nitrogen and oxygen atoms in total. The van der Waals surface area contributed by atoms with Crippen molar-refractivity contribution >= 4 is 11.8 Å². The number of likely N-dealkylation sites (tertiary alicyclic amines) is 1. The van der Waals surface area contributed by atoms with Crippen LogP contribution in [0, 0.1) is 5.41 Å². The van der Waals surface area contributed by atoms with Gasteiger partial charge >= 0.3 is 0 Å². The predicted octanol–water partition coefficient (Wildman–Crippen LogP) is 3.28. The third kappa shape index (κ3) is 5.32. The summed E-state index contributed by atoms with van der Waals surface area (Å²) in [5.41, 5.74) is 0.686. The highest BCUT2D eigenvalue weighted by atomic mass is 16.5. The lowest BCUT2D eigenvalue weighted by Gasteiger charge is -2.39. The quantitative estimate of drug-likeness (QED) is 0.656. The first-order valence-electron chi connectivity index (χ1n) is 10.9. The molecule has 0 aliphatic carbocycles. The van der Waals surface area contributed by atoms with Gasteiger partial charge in [0.1, 0.15) is 5.75 Å². The molecule has 1 N–H and O–H groups in total. The Balaban J connectivity index is 1.73. The molecule has 0 spiro atoms. The Morgan fingerprint density at radius 3 is 2.30 bits per heavy atom. The summed E-state index contributed by atoms with van der Waals surface area (Å²) >= 11 is 0. The van der Waals surface area contributed by atoms with E-state index in [1.54, 1.807) is 24.1 Å². The average molecular weight is 457 g/mol. The largest absolute Gasteiger partial charge is 0.497 e. The molecule has 2 aromatic rings. The van der Waals surface area contributed by atoms with E-state index in [9.17, 15) is 9.59 Å². The number of hydrogen-bond acceptors (Lipinski definition) is 6. The molecule has 0 saturated carbocycles. The van der Waals surface area contributed by atoms with Crippen molar-refractivity contribution in [1.82, 2.24) is 10.2 Å². The highest BCUT2D eigenvalue weighted by Gasteiger charge is 2.39. The maximum absolute atomic E-state index is 13.3. The zero-order chi connectivity index (χ0) is 24.0. The Hall–Kier alpha value is -3.42. The number of rotatable bonds is 8. The van der Waals surface area contributed by atoms with Crippen LogP contribution in [0.1, 0.15) is 35.7 Å². The molecule has 2 aromatic carbocycles. The summed E-state index contributed by atoms with van der Waals surface area (Å²) in [5, 5.41) is 3.02. The topological polar surface area (TPSA) is 86.3 Å². The van der Waals surface area contributed by atoms with Crippen LogP contribution in [0.3, 0.4) is 0 Å². The maximum Gasteiger partial charge on any atom is 0.254 e. The SMILES string of the molecule is COc1cccc(CNC(=O)[C@@]2(C)CCCN(C(=O)c3cc(OC)c(OC)c(OC)c3)C2)c1. The van der Waals surface area contributed by atoms with Gasteiger partial charge in [-0.05, 0) is 49.6 Å². The summed E-state index contributed by atoms with van der Waals surface area (Å²) in [6, 6.07) is 10.9. The molecule has 1 fully saturated rings. The number of piperidine rings is 1. The van der Waals surface area contributed by atoms with Crippen LogP contribution >= 0.6 is 0 Å². The van der Waals surface area contributed by atoms with Crippen LogP contribution in [-0.2, 0) is 11.3 Å². The molecular weight excluding hydrogens is 424 g/mol. The standard InChI is InChI=1S/C25H32N2O6/c1-25(24(29)26-15-17-8-6-9-19(12-17)30-2)10-7-11-27(16-25)23(28)18-13-20(31-3)22(33-5)21(14-18)32-4/h6,8-9,12-14H,7,10-11,15-16H2,1-5H3,(H,26,29)/t25-/m0/s1. The molecule has 1 atom stereocenters. The molecule has 1 aliphatic heterocycles. The molecule has 0 unspecified atom stereocenters.